The molecule has 5 nitrogen and oxygen atoms in total. The highest BCUT2D eigenvalue weighted by molar-refractivity contribution is 9.10. The van der Waals surface area contributed by atoms with E-state index < -0.39 is 17.5 Å². The van der Waals surface area contributed by atoms with Crippen LogP contribution in [0.5, 0.6) is 5.75 Å². The summed E-state index contributed by atoms with van der Waals surface area (Å²) in [7, 11) is 0. The number of carbonyl (C=O) groups is 2. The molecule has 9 heteroatoms. The van der Waals surface area contributed by atoms with Crippen LogP contribution in [0.2, 0.25) is 15.1 Å². The van der Waals surface area contributed by atoms with Gasteiger partial charge in [0.25, 0.3) is 5.91 Å². The lowest BCUT2D eigenvalue weighted by molar-refractivity contribution is -0.143. The molecular formula is C23H26BrCl3N2O3. The average molecular weight is 565 g/mol. The van der Waals surface area contributed by atoms with Crippen LogP contribution in [0.25, 0.3) is 0 Å². The normalized spacial score (nSPS) is 12.2. The number of amides is 2. The highest BCUT2D eigenvalue weighted by Gasteiger charge is 2.31. The number of nitrogens with one attached hydrogen (secondary N) is 1. The van der Waals surface area contributed by atoms with Crippen molar-refractivity contribution in [2.45, 2.75) is 52.2 Å². The van der Waals surface area contributed by atoms with Crippen LogP contribution in [0, 0.1) is 0 Å². The molecule has 0 aliphatic carbocycles. The van der Waals surface area contributed by atoms with Crippen LogP contribution in [0.15, 0.2) is 40.9 Å². The van der Waals surface area contributed by atoms with Gasteiger partial charge in [0.15, 0.2) is 6.61 Å². The standard InChI is InChI=1S/C23H26BrCl3N2O3/c1-5-19(22(31)28-23(2,3)4)29(12-15-16(25)7-6-8-17(15)26)21(30)13-32-20-10-9-14(24)11-18(20)27/h6-11,19H,5,12-13H2,1-4H3,(H,28,31). The van der Waals surface area contributed by atoms with E-state index in [1.807, 2.05) is 27.7 Å². The maximum Gasteiger partial charge on any atom is 0.261 e. The van der Waals surface area contributed by atoms with Crippen molar-refractivity contribution in [3.05, 3.63) is 61.5 Å². The SMILES string of the molecule is CCC(C(=O)NC(C)(C)C)N(Cc1c(Cl)cccc1Cl)C(=O)COc1ccc(Br)cc1Cl. The molecule has 0 aliphatic heterocycles. The fourth-order valence-electron chi connectivity index (χ4n) is 3.04. The summed E-state index contributed by atoms with van der Waals surface area (Å²) in [5.41, 5.74) is 0.107. The van der Waals surface area contributed by atoms with Gasteiger partial charge in [-0.2, -0.15) is 0 Å². The number of carbonyl (C=O) groups excluding carboxylic acids is 2. The molecule has 0 spiro atoms. The fourth-order valence-corrected chi connectivity index (χ4v) is 4.29. The van der Waals surface area contributed by atoms with Gasteiger partial charge in [0.1, 0.15) is 11.8 Å². The number of rotatable bonds is 8. The molecule has 0 fully saturated rings. The Morgan fingerprint density at radius 2 is 1.72 bits per heavy atom. The molecule has 0 heterocycles. The van der Waals surface area contributed by atoms with Crippen LogP contribution in [0.4, 0.5) is 0 Å². The van der Waals surface area contributed by atoms with Gasteiger partial charge >= 0.3 is 0 Å². The van der Waals surface area contributed by atoms with Crippen molar-refractivity contribution in [1.29, 1.82) is 0 Å². The first kappa shape index (κ1) is 26.8. The van der Waals surface area contributed by atoms with Gasteiger partial charge in [0, 0.05) is 32.2 Å². The molecule has 2 amide bonds. The molecule has 174 valence electrons. The van der Waals surface area contributed by atoms with Crippen LogP contribution in [-0.4, -0.2) is 34.9 Å². The largest absolute Gasteiger partial charge is 0.482 e. The van der Waals surface area contributed by atoms with E-state index in [4.69, 9.17) is 39.5 Å². The molecule has 32 heavy (non-hydrogen) atoms. The number of benzene rings is 2. The summed E-state index contributed by atoms with van der Waals surface area (Å²) in [6.07, 6.45) is 0.398. The van der Waals surface area contributed by atoms with Gasteiger partial charge in [-0.1, -0.05) is 63.7 Å². The summed E-state index contributed by atoms with van der Waals surface area (Å²) in [6, 6.07) is 9.48. The van der Waals surface area contributed by atoms with Gasteiger partial charge in [-0.15, -0.1) is 0 Å². The summed E-state index contributed by atoms with van der Waals surface area (Å²) in [5.74, 6) is -0.291. The predicted molar refractivity (Wildman–Crippen MR) is 134 cm³/mol. The molecule has 1 unspecified atom stereocenters. The fraction of sp³-hybridized carbons (Fsp3) is 0.391. The van der Waals surface area contributed by atoms with Gasteiger partial charge in [-0.25, -0.2) is 0 Å². The lowest BCUT2D eigenvalue weighted by atomic mass is 10.1. The predicted octanol–water partition coefficient (Wildman–Crippen LogP) is 6.51. The highest BCUT2D eigenvalue weighted by Crippen LogP contribution is 2.29. The van der Waals surface area contributed by atoms with E-state index in [1.54, 1.807) is 36.4 Å². The third-order valence-electron chi connectivity index (χ3n) is 4.52. The Morgan fingerprint density at radius 1 is 1.09 bits per heavy atom. The van der Waals surface area contributed by atoms with Gasteiger partial charge in [-0.3, -0.25) is 9.59 Å². The maximum atomic E-state index is 13.3. The molecule has 0 aliphatic rings. The van der Waals surface area contributed by atoms with E-state index in [2.05, 4.69) is 21.2 Å². The summed E-state index contributed by atoms with van der Waals surface area (Å²) >= 11 is 22.2. The van der Waals surface area contributed by atoms with Gasteiger partial charge in [-0.05, 0) is 57.5 Å². The van der Waals surface area contributed by atoms with Gasteiger partial charge < -0.3 is 15.0 Å². The second kappa shape index (κ2) is 11.6. The minimum Gasteiger partial charge on any atom is -0.482 e. The van der Waals surface area contributed by atoms with Crippen molar-refractivity contribution in [2.24, 2.45) is 0 Å². The van der Waals surface area contributed by atoms with Crippen molar-refractivity contribution in [3.63, 3.8) is 0 Å². The summed E-state index contributed by atoms with van der Waals surface area (Å²) < 4.78 is 6.46. The minimum absolute atomic E-state index is 0.0604. The van der Waals surface area contributed by atoms with Crippen LogP contribution in [0.1, 0.15) is 39.7 Å². The Kier molecular flexibility index (Phi) is 9.70. The van der Waals surface area contributed by atoms with E-state index in [9.17, 15) is 9.59 Å². The number of halogens is 4. The Bertz CT molecular complexity index is 959. The van der Waals surface area contributed by atoms with Crippen molar-refractivity contribution >= 4 is 62.5 Å². The third-order valence-corrected chi connectivity index (χ3v) is 6.02. The third kappa shape index (κ3) is 7.55. The van der Waals surface area contributed by atoms with E-state index >= 15 is 0 Å². The Labute approximate surface area is 212 Å². The second-order valence-corrected chi connectivity index (χ2v) is 10.4. The van der Waals surface area contributed by atoms with Crippen LogP contribution < -0.4 is 10.1 Å². The van der Waals surface area contributed by atoms with Crippen LogP contribution in [0.3, 0.4) is 0 Å². The number of ether oxygens (including phenoxy) is 1. The first-order chi connectivity index (χ1) is 14.9. The van der Waals surface area contributed by atoms with Crippen molar-refractivity contribution < 1.29 is 14.3 Å². The minimum atomic E-state index is -0.738. The quantitative estimate of drug-likeness (QED) is 0.398. The van der Waals surface area contributed by atoms with E-state index in [-0.39, 0.29) is 19.1 Å². The van der Waals surface area contributed by atoms with Gasteiger partial charge in [0.2, 0.25) is 5.91 Å². The zero-order chi connectivity index (χ0) is 24.1. The lowest BCUT2D eigenvalue weighted by Crippen LogP contribution is -2.54. The number of nitrogens with zero attached hydrogens (tertiary/aromatic N) is 1. The highest BCUT2D eigenvalue weighted by atomic mass is 79.9. The molecule has 0 radical (unpaired) electrons. The summed E-state index contributed by atoms with van der Waals surface area (Å²) in [5, 5.41) is 4.14. The first-order valence-corrected chi connectivity index (χ1v) is 12.0. The topological polar surface area (TPSA) is 58.6 Å². The smallest absolute Gasteiger partial charge is 0.261 e. The summed E-state index contributed by atoms with van der Waals surface area (Å²) in [4.78, 5) is 27.7. The van der Waals surface area contributed by atoms with Gasteiger partial charge in [0.05, 0.1) is 5.02 Å². The van der Waals surface area contributed by atoms with E-state index in [0.717, 1.165) is 4.47 Å². The van der Waals surface area contributed by atoms with E-state index in [1.165, 1.54) is 4.90 Å². The van der Waals surface area contributed by atoms with Crippen molar-refractivity contribution in [2.75, 3.05) is 6.61 Å². The molecular weight excluding hydrogens is 539 g/mol. The first-order valence-electron chi connectivity index (χ1n) is 10.0. The number of hydrogen-bond acceptors (Lipinski definition) is 3. The zero-order valence-corrected chi connectivity index (χ0v) is 22.2. The maximum absolute atomic E-state index is 13.3. The molecule has 2 aromatic rings. The molecule has 0 aromatic heterocycles. The molecule has 1 N–H and O–H groups in total. The molecule has 0 bridgehead atoms. The van der Waals surface area contributed by atoms with Crippen LogP contribution in [-0.2, 0) is 16.1 Å². The Balaban J connectivity index is 2.33. The molecule has 0 saturated carbocycles. The lowest BCUT2D eigenvalue weighted by Gasteiger charge is -2.33. The molecule has 2 rings (SSSR count). The Morgan fingerprint density at radius 3 is 2.25 bits per heavy atom. The van der Waals surface area contributed by atoms with E-state index in [0.29, 0.717) is 32.8 Å². The Hall–Kier alpha value is -1.47. The molecule has 1 atom stereocenters. The molecule has 0 saturated heterocycles. The molecule has 2 aromatic carbocycles. The van der Waals surface area contributed by atoms with Crippen molar-refractivity contribution in [3.8, 4) is 5.75 Å². The monoisotopic (exact) mass is 562 g/mol. The summed E-state index contributed by atoms with van der Waals surface area (Å²) in [6.45, 7) is 7.25. The average Bonchev–Trinajstić information content (AvgIpc) is 2.67. The zero-order valence-electron chi connectivity index (χ0n) is 18.3. The number of hydrogen-bond donors (Lipinski definition) is 1. The van der Waals surface area contributed by atoms with Crippen LogP contribution >= 0.6 is 50.7 Å². The second-order valence-electron chi connectivity index (χ2n) is 8.25. The van der Waals surface area contributed by atoms with Crippen molar-refractivity contribution in [1.82, 2.24) is 10.2 Å².